The third-order valence-corrected chi connectivity index (χ3v) is 2.98. The summed E-state index contributed by atoms with van der Waals surface area (Å²) < 4.78 is 37.7. The van der Waals surface area contributed by atoms with Gasteiger partial charge in [-0.2, -0.15) is 13.2 Å². The van der Waals surface area contributed by atoms with E-state index >= 15 is 0 Å². The van der Waals surface area contributed by atoms with Crippen molar-refractivity contribution in [1.82, 2.24) is 4.90 Å². The molecule has 0 unspecified atom stereocenters. The molecule has 0 radical (unpaired) electrons. The number of piperidine rings is 1. The van der Waals surface area contributed by atoms with Crippen molar-refractivity contribution in [3.05, 3.63) is 0 Å². The third kappa shape index (κ3) is 4.18. The van der Waals surface area contributed by atoms with Crippen LogP contribution < -0.4 is 0 Å². The van der Waals surface area contributed by atoms with Crippen LogP contribution in [-0.2, 0) is 0 Å². The number of halogens is 3. The molecule has 1 saturated heterocycles. The molecule has 104 valence electrons. The third-order valence-electron chi connectivity index (χ3n) is 2.98. The van der Waals surface area contributed by atoms with E-state index in [4.69, 9.17) is 0 Å². The second-order valence-electron chi connectivity index (χ2n) is 5.86. The highest BCUT2D eigenvalue weighted by atomic mass is 19.4. The highest BCUT2D eigenvalue weighted by Gasteiger charge is 2.54. The van der Waals surface area contributed by atoms with E-state index in [1.807, 2.05) is 25.7 Å². The molecule has 1 N–H and O–H groups in total. The van der Waals surface area contributed by atoms with E-state index in [1.54, 1.807) is 0 Å². The fraction of sp³-hybridized carbons (Fsp3) is 0.846. The Labute approximate surface area is 106 Å². The second-order valence-corrected chi connectivity index (χ2v) is 5.86. The van der Waals surface area contributed by atoms with Crippen LogP contribution in [0.2, 0.25) is 0 Å². The summed E-state index contributed by atoms with van der Waals surface area (Å²) in [5, 5.41) is 9.49. The smallest absolute Gasteiger partial charge is 0.380 e. The molecule has 5 heteroatoms. The molecule has 2 nitrogen and oxygen atoms in total. The summed E-state index contributed by atoms with van der Waals surface area (Å²) in [4.78, 5) is 1.85. The number of likely N-dealkylation sites (tertiary alicyclic amines) is 1. The fourth-order valence-corrected chi connectivity index (χ4v) is 1.78. The lowest BCUT2D eigenvalue weighted by Gasteiger charge is -2.38. The summed E-state index contributed by atoms with van der Waals surface area (Å²) in [6.45, 7) is 6.88. The minimum Gasteiger partial charge on any atom is -0.380 e. The molecule has 0 atom stereocenters. The predicted octanol–water partition coefficient (Wildman–Crippen LogP) is 2.43. The van der Waals surface area contributed by atoms with Crippen molar-refractivity contribution in [2.45, 2.75) is 45.4 Å². The van der Waals surface area contributed by atoms with Gasteiger partial charge in [-0.05, 0) is 33.6 Å². The molecule has 1 fully saturated rings. The molecule has 1 aliphatic rings. The van der Waals surface area contributed by atoms with Gasteiger partial charge in [0.1, 0.15) is 0 Å². The molecule has 0 bridgehead atoms. The number of hydrogen-bond donors (Lipinski definition) is 1. The molecule has 0 aromatic heterocycles. The zero-order valence-corrected chi connectivity index (χ0v) is 11.1. The topological polar surface area (TPSA) is 23.5 Å². The minimum atomic E-state index is -4.53. The molecule has 0 aromatic rings. The molecular formula is C13H20F3NO. The van der Waals surface area contributed by atoms with E-state index in [0.717, 1.165) is 0 Å². The molecule has 1 aliphatic heterocycles. The van der Waals surface area contributed by atoms with Crippen molar-refractivity contribution in [3.63, 3.8) is 0 Å². The molecule has 1 rings (SSSR count). The van der Waals surface area contributed by atoms with E-state index in [1.165, 1.54) is 0 Å². The Bertz CT molecular complexity index is 338. The van der Waals surface area contributed by atoms with Crippen LogP contribution in [0.5, 0.6) is 0 Å². The Balaban J connectivity index is 2.47. The molecule has 0 aliphatic carbocycles. The average molecular weight is 263 g/mol. The summed E-state index contributed by atoms with van der Waals surface area (Å²) in [5.74, 6) is 6.02. The fourth-order valence-electron chi connectivity index (χ4n) is 1.78. The van der Waals surface area contributed by atoms with Gasteiger partial charge in [0.05, 0.1) is 6.54 Å². The monoisotopic (exact) mass is 263 g/mol. The van der Waals surface area contributed by atoms with Crippen LogP contribution in [0.1, 0.15) is 33.6 Å². The molecule has 1 heterocycles. The SMILES string of the molecule is CC(C)(C)C#CCN1CCC(O)(C(F)(F)F)CC1. The zero-order valence-electron chi connectivity index (χ0n) is 11.1. The lowest BCUT2D eigenvalue weighted by atomic mass is 9.91. The maximum atomic E-state index is 12.6. The standard InChI is InChI=1S/C13H20F3NO/c1-11(2,3)5-4-8-17-9-6-12(18,7-10-17)13(14,15)16/h18H,6-10H2,1-3H3. The van der Waals surface area contributed by atoms with Crippen LogP contribution in [-0.4, -0.2) is 41.4 Å². The first kappa shape index (κ1) is 15.3. The van der Waals surface area contributed by atoms with E-state index in [9.17, 15) is 18.3 Å². The van der Waals surface area contributed by atoms with Gasteiger partial charge in [-0.3, -0.25) is 4.90 Å². The molecule has 0 saturated carbocycles. The van der Waals surface area contributed by atoms with Crippen molar-refractivity contribution < 1.29 is 18.3 Å². The maximum Gasteiger partial charge on any atom is 0.417 e. The van der Waals surface area contributed by atoms with Crippen LogP contribution in [0.3, 0.4) is 0 Å². The Morgan fingerprint density at radius 1 is 1.17 bits per heavy atom. The molecule has 0 aromatic carbocycles. The first-order valence-corrected chi connectivity index (χ1v) is 6.05. The van der Waals surface area contributed by atoms with E-state index in [2.05, 4.69) is 11.8 Å². The highest BCUT2D eigenvalue weighted by Crippen LogP contribution is 2.38. The highest BCUT2D eigenvalue weighted by molar-refractivity contribution is 5.09. The first-order chi connectivity index (χ1) is 8.04. The van der Waals surface area contributed by atoms with Crippen LogP contribution in [0.15, 0.2) is 0 Å². The number of rotatable bonds is 1. The summed E-state index contributed by atoms with van der Waals surface area (Å²) >= 11 is 0. The van der Waals surface area contributed by atoms with Crippen molar-refractivity contribution in [2.75, 3.05) is 19.6 Å². The molecular weight excluding hydrogens is 243 g/mol. The Kier molecular flexibility index (Phi) is 4.34. The van der Waals surface area contributed by atoms with Crippen molar-refractivity contribution in [1.29, 1.82) is 0 Å². The number of hydrogen-bond acceptors (Lipinski definition) is 2. The first-order valence-electron chi connectivity index (χ1n) is 6.05. The zero-order chi connectivity index (χ0) is 14.0. The Hall–Kier alpha value is -0.730. The Morgan fingerprint density at radius 2 is 1.67 bits per heavy atom. The normalized spacial score (nSPS) is 21.3. The average Bonchev–Trinajstić information content (AvgIpc) is 2.17. The van der Waals surface area contributed by atoms with Crippen molar-refractivity contribution in [3.8, 4) is 11.8 Å². The number of aliphatic hydroxyl groups is 1. The summed E-state index contributed by atoms with van der Waals surface area (Å²) in [7, 11) is 0. The maximum absolute atomic E-state index is 12.6. The summed E-state index contributed by atoms with van der Waals surface area (Å²) in [6, 6.07) is 0. The van der Waals surface area contributed by atoms with E-state index in [-0.39, 0.29) is 31.3 Å². The van der Waals surface area contributed by atoms with Crippen molar-refractivity contribution >= 4 is 0 Å². The van der Waals surface area contributed by atoms with Gasteiger partial charge >= 0.3 is 6.18 Å². The lowest BCUT2D eigenvalue weighted by Crippen LogP contribution is -2.53. The van der Waals surface area contributed by atoms with Crippen LogP contribution in [0, 0.1) is 17.3 Å². The quantitative estimate of drug-likeness (QED) is 0.734. The van der Waals surface area contributed by atoms with Gasteiger partial charge in [-0.15, -0.1) is 0 Å². The van der Waals surface area contributed by atoms with Gasteiger partial charge in [0.2, 0.25) is 0 Å². The van der Waals surface area contributed by atoms with Crippen LogP contribution in [0.25, 0.3) is 0 Å². The van der Waals surface area contributed by atoms with Crippen molar-refractivity contribution in [2.24, 2.45) is 5.41 Å². The van der Waals surface area contributed by atoms with Gasteiger partial charge in [-0.1, -0.05) is 11.8 Å². The van der Waals surface area contributed by atoms with Gasteiger partial charge in [0.15, 0.2) is 5.60 Å². The number of alkyl halides is 3. The van der Waals surface area contributed by atoms with Crippen LogP contribution >= 0.6 is 0 Å². The summed E-state index contributed by atoms with van der Waals surface area (Å²) in [5.41, 5.74) is -2.61. The van der Waals surface area contributed by atoms with Gasteiger partial charge < -0.3 is 5.11 Å². The lowest BCUT2D eigenvalue weighted by molar-refractivity contribution is -0.272. The van der Waals surface area contributed by atoms with Gasteiger partial charge in [0, 0.05) is 18.5 Å². The van der Waals surface area contributed by atoms with Gasteiger partial charge in [-0.25, -0.2) is 0 Å². The minimum absolute atomic E-state index is 0.0947. The second kappa shape index (κ2) is 5.10. The van der Waals surface area contributed by atoms with E-state index in [0.29, 0.717) is 6.54 Å². The molecule has 0 amide bonds. The van der Waals surface area contributed by atoms with Gasteiger partial charge in [0.25, 0.3) is 0 Å². The largest absolute Gasteiger partial charge is 0.417 e. The molecule has 0 spiro atoms. The van der Waals surface area contributed by atoms with Crippen LogP contribution in [0.4, 0.5) is 13.2 Å². The summed E-state index contributed by atoms with van der Waals surface area (Å²) in [6.07, 6.45) is -5.07. The molecule has 18 heavy (non-hydrogen) atoms. The van der Waals surface area contributed by atoms with E-state index < -0.39 is 11.8 Å². The predicted molar refractivity (Wildman–Crippen MR) is 63.9 cm³/mol. The Morgan fingerprint density at radius 3 is 2.06 bits per heavy atom. The number of nitrogens with zero attached hydrogens (tertiary/aromatic N) is 1.